The largest absolute Gasteiger partial charge is 0.384 e. The van der Waals surface area contributed by atoms with Crippen LogP contribution in [-0.2, 0) is 14.3 Å². The maximum atomic E-state index is 12.0. The van der Waals surface area contributed by atoms with Gasteiger partial charge in [0.2, 0.25) is 5.91 Å². The number of nitrogens with one attached hydrogen (secondary N) is 1. The number of fused-ring (bicyclic) bond motifs is 1. The molecule has 20 heavy (non-hydrogen) atoms. The van der Waals surface area contributed by atoms with Crippen LogP contribution in [0.1, 0.15) is 52.4 Å². The molecule has 0 radical (unpaired) electrons. The molecule has 1 saturated heterocycles. The number of amides is 1. The molecule has 116 valence electrons. The Morgan fingerprint density at radius 2 is 2.20 bits per heavy atom. The van der Waals surface area contributed by atoms with Crippen LogP contribution >= 0.6 is 0 Å². The van der Waals surface area contributed by atoms with E-state index in [0.29, 0.717) is 43.1 Å². The van der Waals surface area contributed by atoms with Gasteiger partial charge < -0.3 is 14.8 Å². The molecule has 1 aliphatic heterocycles. The van der Waals surface area contributed by atoms with E-state index in [4.69, 9.17) is 9.47 Å². The molecule has 2 fully saturated rings. The van der Waals surface area contributed by atoms with Crippen molar-refractivity contribution in [3.8, 4) is 0 Å². The summed E-state index contributed by atoms with van der Waals surface area (Å²) in [6.45, 7) is 4.96. The summed E-state index contributed by atoms with van der Waals surface area (Å²) in [5, 5.41) is 3.23. The monoisotopic (exact) mass is 283 g/mol. The molecule has 0 spiro atoms. The standard InChI is InChI=1S/C16H29NO3/c1-11(2)9-12-10-14(17-16(18)7-8-19-3)13-5-4-6-15(13)20-12/h11-15H,4-10H2,1-3H3,(H,17,18)/t12-,13-,14+,15+/m0/s1. The Morgan fingerprint density at radius 1 is 1.40 bits per heavy atom. The molecule has 1 N–H and O–H groups in total. The van der Waals surface area contributed by atoms with Crippen molar-refractivity contribution < 1.29 is 14.3 Å². The molecule has 4 heteroatoms. The van der Waals surface area contributed by atoms with Crippen molar-refractivity contribution in [2.45, 2.75) is 70.6 Å². The first-order chi connectivity index (χ1) is 9.60. The van der Waals surface area contributed by atoms with E-state index in [1.807, 2.05) is 0 Å². The second-order valence-corrected chi connectivity index (χ2v) is 6.67. The maximum absolute atomic E-state index is 12.0. The Bertz CT molecular complexity index is 319. The van der Waals surface area contributed by atoms with E-state index >= 15 is 0 Å². The Morgan fingerprint density at radius 3 is 2.90 bits per heavy atom. The molecule has 0 unspecified atom stereocenters. The van der Waals surface area contributed by atoms with Crippen molar-refractivity contribution in [2.75, 3.05) is 13.7 Å². The first kappa shape index (κ1) is 15.8. The summed E-state index contributed by atoms with van der Waals surface area (Å²) in [6, 6.07) is 0.296. The molecule has 0 aromatic rings. The molecule has 4 nitrogen and oxygen atoms in total. The Balaban J connectivity index is 1.91. The van der Waals surface area contributed by atoms with Gasteiger partial charge in [-0.25, -0.2) is 0 Å². The topological polar surface area (TPSA) is 47.6 Å². The van der Waals surface area contributed by atoms with Gasteiger partial charge in [0.05, 0.1) is 18.8 Å². The Kier molecular flexibility index (Phi) is 5.85. The van der Waals surface area contributed by atoms with Gasteiger partial charge in [0.25, 0.3) is 0 Å². The lowest BCUT2D eigenvalue weighted by molar-refractivity contribution is -0.127. The average Bonchev–Trinajstić information content (AvgIpc) is 2.84. The van der Waals surface area contributed by atoms with Gasteiger partial charge in [-0.05, 0) is 31.6 Å². The number of hydrogen-bond donors (Lipinski definition) is 1. The van der Waals surface area contributed by atoms with Gasteiger partial charge in [0, 0.05) is 25.5 Å². The molecule has 2 aliphatic rings. The summed E-state index contributed by atoms with van der Waals surface area (Å²) in [5.41, 5.74) is 0. The van der Waals surface area contributed by atoms with Gasteiger partial charge >= 0.3 is 0 Å². The van der Waals surface area contributed by atoms with Crippen LogP contribution in [0.2, 0.25) is 0 Å². The fraction of sp³-hybridized carbons (Fsp3) is 0.938. The van der Waals surface area contributed by atoms with E-state index in [1.165, 1.54) is 12.8 Å². The van der Waals surface area contributed by atoms with E-state index < -0.39 is 0 Å². The maximum Gasteiger partial charge on any atom is 0.222 e. The molecule has 1 saturated carbocycles. The van der Waals surface area contributed by atoms with Crippen molar-refractivity contribution in [1.82, 2.24) is 5.32 Å². The lowest BCUT2D eigenvalue weighted by atomic mass is 9.86. The number of carbonyl (C=O) groups is 1. The van der Waals surface area contributed by atoms with E-state index in [2.05, 4.69) is 19.2 Å². The van der Waals surface area contributed by atoms with E-state index in [1.54, 1.807) is 7.11 Å². The number of rotatable bonds is 6. The zero-order chi connectivity index (χ0) is 14.5. The minimum absolute atomic E-state index is 0.118. The summed E-state index contributed by atoms with van der Waals surface area (Å²) in [5.74, 6) is 1.28. The summed E-state index contributed by atoms with van der Waals surface area (Å²) in [4.78, 5) is 12.0. The van der Waals surface area contributed by atoms with Crippen molar-refractivity contribution in [1.29, 1.82) is 0 Å². The SMILES string of the molecule is COCCC(=O)N[C@@H]1C[C@H](CC(C)C)O[C@@H]2CCC[C@@H]12. The van der Waals surface area contributed by atoms with Gasteiger partial charge in [0.15, 0.2) is 0 Å². The molecular weight excluding hydrogens is 254 g/mol. The number of methoxy groups -OCH3 is 1. The van der Waals surface area contributed by atoms with Gasteiger partial charge in [-0.3, -0.25) is 4.79 Å². The quantitative estimate of drug-likeness (QED) is 0.815. The van der Waals surface area contributed by atoms with Gasteiger partial charge in [-0.2, -0.15) is 0 Å². The van der Waals surface area contributed by atoms with Crippen molar-refractivity contribution in [3.63, 3.8) is 0 Å². The summed E-state index contributed by atoms with van der Waals surface area (Å²) in [6.07, 6.45) is 6.76. The molecule has 0 aromatic heterocycles. The molecule has 2 rings (SSSR count). The molecule has 1 aliphatic carbocycles. The second-order valence-electron chi connectivity index (χ2n) is 6.67. The van der Waals surface area contributed by atoms with Crippen LogP contribution in [0.15, 0.2) is 0 Å². The summed E-state index contributed by atoms with van der Waals surface area (Å²) in [7, 11) is 1.63. The number of hydrogen-bond acceptors (Lipinski definition) is 3. The highest BCUT2D eigenvalue weighted by Crippen LogP contribution is 2.38. The predicted octanol–water partition coefficient (Wildman–Crippen LogP) is 2.51. The minimum atomic E-state index is 0.118. The highest BCUT2D eigenvalue weighted by Gasteiger charge is 2.41. The lowest BCUT2D eigenvalue weighted by Crippen LogP contribution is -2.50. The zero-order valence-electron chi connectivity index (χ0n) is 13.1. The third-order valence-corrected chi connectivity index (χ3v) is 4.52. The molecule has 0 aromatic carbocycles. The average molecular weight is 283 g/mol. The molecule has 1 heterocycles. The zero-order valence-corrected chi connectivity index (χ0v) is 13.1. The molecule has 4 atom stereocenters. The summed E-state index contributed by atoms with van der Waals surface area (Å²) >= 11 is 0. The van der Waals surface area contributed by atoms with Crippen LogP contribution in [-0.4, -0.2) is 37.9 Å². The van der Waals surface area contributed by atoms with Crippen LogP contribution in [0.25, 0.3) is 0 Å². The minimum Gasteiger partial charge on any atom is -0.384 e. The van der Waals surface area contributed by atoms with Crippen molar-refractivity contribution in [3.05, 3.63) is 0 Å². The van der Waals surface area contributed by atoms with Crippen LogP contribution < -0.4 is 5.32 Å². The van der Waals surface area contributed by atoms with Crippen LogP contribution in [0.5, 0.6) is 0 Å². The Hall–Kier alpha value is -0.610. The third-order valence-electron chi connectivity index (χ3n) is 4.52. The highest BCUT2D eigenvalue weighted by atomic mass is 16.5. The van der Waals surface area contributed by atoms with E-state index in [9.17, 15) is 4.79 Å². The molecule has 0 bridgehead atoms. The molecular formula is C16H29NO3. The van der Waals surface area contributed by atoms with Gasteiger partial charge in [-0.1, -0.05) is 20.3 Å². The van der Waals surface area contributed by atoms with Crippen molar-refractivity contribution in [2.24, 2.45) is 11.8 Å². The van der Waals surface area contributed by atoms with E-state index in [0.717, 1.165) is 19.3 Å². The van der Waals surface area contributed by atoms with Crippen molar-refractivity contribution >= 4 is 5.91 Å². The van der Waals surface area contributed by atoms with Gasteiger partial charge in [-0.15, -0.1) is 0 Å². The van der Waals surface area contributed by atoms with E-state index in [-0.39, 0.29) is 5.91 Å². The first-order valence-electron chi connectivity index (χ1n) is 8.04. The Labute approximate surface area is 122 Å². The number of ether oxygens (including phenoxy) is 2. The fourth-order valence-electron chi connectivity index (χ4n) is 3.66. The molecule has 1 amide bonds. The predicted molar refractivity (Wildman–Crippen MR) is 78.5 cm³/mol. The highest BCUT2D eigenvalue weighted by molar-refractivity contribution is 5.76. The van der Waals surface area contributed by atoms with Crippen LogP contribution in [0.3, 0.4) is 0 Å². The van der Waals surface area contributed by atoms with Crippen LogP contribution in [0, 0.1) is 11.8 Å². The van der Waals surface area contributed by atoms with Crippen LogP contribution in [0.4, 0.5) is 0 Å². The third kappa shape index (κ3) is 4.19. The smallest absolute Gasteiger partial charge is 0.222 e. The number of carbonyl (C=O) groups excluding carboxylic acids is 1. The first-order valence-corrected chi connectivity index (χ1v) is 8.04. The lowest BCUT2D eigenvalue weighted by Gasteiger charge is -2.40. The normalized spacial score (nSPS) is 33.2. The second kappa shape index (κ2) is 7.41. The van der Waals surface area contributed by atoms with Gasteiger partial charge in [0.1, 0.15) is 0 Å². The summed E-state index contributed by atoms with van der Waals surface area (Å²) < 4.78 is 11.2. The fourth-order valence-corrected chi connectivity index (χ4v) is 3.66.